The Hall–Kier alpha value is -3.72. The van der Waals surface area contributed by atoms with E-state index in [2.05, 4.69) is 5.32 Å². The van der Waals surface area contributed by atoms with Crippen LogP contribution in [0.15, 0.2) is 51.7 Å². The molecule has 0 fully saturated rings. The number of carbonyl (C=O) groups excluding carboxylic acids is 2. The van der Waals surface area contributed by atoms with Crippen molar-refractivity contribution in [3.63, 3.8) is 0 Å². The minimum atomic E-state index is -0.855. The van der Waals surface area contributed by atoms with Gasteiger partial charge < -0.3 is 14.5 Å². The molecule has 1 aromatic heterocycles. The average Bonchev–Trinajstić information content (AvgIpc) is 2.71. The van der Waals surface area contributed by atoms with Gasteiger partial charge in [0, 0.05) is 24.1 Å². The molecule has 2 aromatic carbocycles. The van der Waals surface area contributed by atoms with E-state index < -0.39 is 28.1 Å². The second-order valence-corrected chi connectivity index (χ2v) is 7.47. The van der Waals surface area contributed by atoms with Gasteiger partial charge in [-0.25, -0.2) is 9.59 Å². The number of nitro benzene ring substituents is 1. The summed E-state index contributed by atoms with van der Waals surface area (Å²) < 4.78 is 10.4. The van der Waals surface area contributed by atoms with Gasteiger partial charge in [0.05, 0.1) is 10.5 Å². The topological polar surface area (TPSA) is 129 Å². The van der Waals surface area contributed by atoms with Gasteiger partial charge in [0.2, 0.25) is 0 Å². The molecule has 1 N–H and O–H groups in total. The lowest BCUT2D eigenvalue weighted by Gasteiger charge is -2.08. The number of benzene rings is 2. The van der Waals surface area contributed by atoms with Crippen LogP contribution in [0.1, 0.15) is 34.6 Å². The first-order valence-corrected chi connectivity index (χ1v) is 9.55. The summed E-state index contributed by atoms with van der Waals surface area (Å²) in [6.45, 7) is 4.26. The maximum atomic E-state index is 12.3. The molecule has 31 heavy (non-hydrogen) atoms. The van der Waals surface area contributed by atoms with Crippen LogP contribution in [0.4, 0.5) is 5.69 Å². The number of carbonyl (C=O) groups is 2. The first-order chi connectivity index (χ1) is 14.7. The number of rotatable bonds is 6. The Balaban J connectivity index is 1.85. The molecule has 0 radical (unpaired) electrons. The third kappa shape index (κ3) is 5.07. The lowest BCUT2D eigenvalue weighted by molar-refractivity contribution is -0.384. The number of hydrogen-bond donors (Lipinski definition) is 1. The molecule has 1 amide bonds. The Bertz CT molecular complexity index is 1250. The van der Waals surface area contributed by atoms with Gasteiger partial charge >= 0.3 is 11.6 Å². The number of halogens is 1. The number of nitro groups is 1. The fourth-order valence-corrected chi connectivity index (χ4v) is 2.84. The third-order valence-corrected chi connectivity index (χ3v) is 4.53. The Kier molecular flexibility index (Phi) is 6.36. The van der Waals surface area contributed by atoms with Crippen molar-refractivity contribution in [1.29, 1.82) is 0 Å². The molecule has 9 nitrogen and oxygen atoms in total. The van der Waals surface area contributed by atoms with Crippen molar-refractivity contribution in [2.24, 2.45) is 5.92 Å². The zero-order valence-electron chi connectivity index (χ0n) is 16.5. The number of hydrogen-bond acceptors (Lipinski definition) is 7. The molecule has 0 bridgehead atoms. The standard InChI is InChI=1S/C21H17ClN2O7/c1-11(2)10-23-19(25)15-7-12-3-5-14(9-18(12)31-21(15)27)30-20(26)13-4-6-16(22)17(8-13)24(28)29/h3-9,11H,10H2,1-2H3,(H,23,25). The third-order valence-electron chi connectivity index (χ3n) is 4.21. The minimum absolute atomic E-state index is 0.0512. The number of fused-ring (bicyclic) bond motifs is 1. The maximum absolute atomic E-state index is 12.3. The summed E-state index contributed by atoms with van der Waals surface area (Å²) in [6.07, 6.45) is 0. The smallest absolute Gasteiger partial charge is 0.349 e. The van der Waals surface area contributed by atoms with Crippen LogP contribution in [0.5, 0.6) is 5.75 Å². The van der Waals surface area contributed by atoms with Gasteiger partial charge in [0.25, 0.3) is 11.6 Å². The maximum Gasteiger partial charge on any atom is 0.349 e. The average molecular weight is 445 g/mol. The SMILES string of the molecule is CC(C)CNC(=O)c1cc2ccc(OC(=O)c3ccc(Cl)c([N+](=O)[O-])c3)cc2oc1=O. The van der Waals surface area contributed by atoms with Crippen molar-refractivity contribution in [2.75, 3.05) is 6.54 Å². The van der Waals surface area contributed by atoms with Crippen LogP contribution in [0.3, 0.4) is 0 Å². The fourth-order valence-electron chi connectivity index (χ4n) is 2.65. The first kappa shape index (κ1) is 22.0. The molecule has 0 aliphatic rings. The van der Waals surface area contributed by atoms with E-state index in [0.29, 0.717) is 11.9 Å². The lowest BCUT2D eigenvalue weighted by Crippen LogP contribution is -2.31. The zero-order valence-corrected chi connectivity index (χ0v) is 17.3. The molecule has 0 saturated carbocycles. The number of nitrogens with zero attached hydrogens (tertiary/aromatic N) is 1. The molecule has 1 heterocycles. The predicted octanol–water partition coefficient (Wildman–Crippen LogP) is 3.96. The molecular weight excluding hydrogens is 428 g/mol. The fraction of sp³-hybridized carbons (Fsp3) is 0.190. The molecule has 0 unspecified atom stereocenters. The number of ether oxygens (including phenoxy) is 1. The Labute approximate surface area is 180 Å². The number of nitrogens with one attached hydrogen (secondary N) is 1. The number of esters is 1. The second-order valence-electron chi connectivity index (χ2n) is 7.06. The lowest BCUT2D eigenvalue weighted by atomic mass is 10.1. The van der Waals surface area contributed by atoms with Crippen LogP contribution in [0, 0.1) is 16.0 Å². The number of amides is 1. The first-order valence-electron chi connectivity index (χ1n) is 9.18. The zero-order chi connectivity index (χ0) is 22.7. The molecule has 0 aliphatic heterocycles. The highest BCUT2D eigenvalue weighted by Gasteiger charge is 2.19. The molecule has 3 rings (SSSR count). The Morgan fingerprint density at radius 2 is 1.94 bits per heavy atom. The molecule has 3 aromatic rings. The summed E-state index contributed by atoms with van der Waals surface area (Å²) in [5.74, 6) is -1.12. The molecule has 160 valence electrons. The molecule has 10 heteroatoms. The van der Waals surface area contributed by atoms with E-state index in [0.717, 1.165) is 6.07 Å². The normalized spacial score (nSPS) is 10.8. The highest BCUT2D eigenvalue weighted by molar-refractivity contribution is 6.32. The van der Waals surface area contributed by atoms with Gasteiger partial charge in [-0.05, 0) is 36.2 Å². The van der Waals surface area contributed by atoms with Crippen LogP contribution in [0.25, 0.3) is 11.0 Å². The van der Waals surface area contributed by atoms with Crippen molar-refractivity contribution in [1.82, 2.24) is 5.32 Å². The van der Waals surface area contributed by atoms with Crippen LogP contribution in [0.2, 0.25) is 5.02 Å². The summed E-state index contributed by atoms with van der Waals surface area (Å²) in [6, 6.07) is 9.20. The van der Waals surface area contributed by atoms with Gasteiger partial charge in [-0.15, -0.1) is 0 Å². The van der Waals surface area contributed by atoms with Crippen molar-refractivity contribution in [2.45, 2.75) is 13.8 Å². The van der Waals surface area contributed by atoms with E-state index in [1.165, 1.54) is 36.4 Å². The molecule has 0 atom stereocenters. The largest absolute Gasteiger partial charge is 0.423 e. The van der Waals surface area contributed by atoms with Gasteiger partial charge in [-0.3, -0.25) is 14.9 Å². The predicted molar refractivity (Wildman–Crippen MR) is 113 cm³/mol. The Morgan fingerprint density at radius 3 is 2.61 bits per heavy atom. The van der Waals surface area contributed by atoms with E-state index in [4.69, 9.17) is 20.8 Å². The minimum Gasteiger partial charge on any atom is -0.423 e. The van der Waals surface area contributed by atoms with E-state index in [1.54, 1.807) is 0 Å². The Morgan fingerprint density at radius 1 is 1.19 bits per heavy atom. The van der Waals surface area contributed by atoms with Gasteiger partial charge in [0.1, 0.15) is 21.9 Å². The van der Waals surface area contributed by atoms with Crippen LogP contribution in [-0.4, -0.2) is 23.3 Å². The van der Waals surface area contributed by atoms with Crippen molar-refractivity contribution in [3.05, 3.63) is 79.1 Å². The molecule has 0 saturated heterocycles. The highest BCUT2D eigenvalue weighted by Crippen LogP contribution is 2.26. The highest BCUT2D eigenvalue weighted by atomic mass is 35.5. The summed E-state index contributed by atoms with van der Waals surface area (Å²) in [7, 11) is 0. The second kappa shape index (κ2) is 8.97. The van der Waals surface area contributed by atoms with E-state index in [9.17, 15) is 24.5 Å². The summed E-state index contributed by atoms with van der Waals surface area (Å²) in [4.78, 5) is 47.0. The summed E-state index contributed by atoms with van der Waals surface area (Å²) in [5, 5.41) is 14.0. The quantitative estimate of drug-likeness (QED) is 0.200. The van der Waals surface area contributed by atoms with Gasteiger partial charge in [-0.2, -0.15) is 0 Å². The molecule has 0 aliphatic carbocycles. The van der Waals surface area contributed by atoms with Crippen molar-refractivity contribution < 1.29 is 23.7 Å². The van der Waals surface area contributed by atoms with Gasteiger partial charge in [0.15, 0.2) is 0 Å². The summed E-state index contributed by atoms with van der Waals surface area (Å²) in [5.41, 5.74) is -1.35. The molecular formula is C21H17ClN2O7. The molecule has 0 spiro atoms. The van der Waals surface area contributed by atoms with Crippen molar-refractivity contribution in [3.8, 4) is 5.75 Å². The summed E-state index contributed by atoms with van der Waals surface area (Å²) >= 11 is 5.74. The van der Waals surface area contributed by atoms with E-state index in [-0.39, 0.29) is 33.4 Å². The van der Waals surface area contributed by atoms with Crippen molar-refractivity contribution >= 4 is 40.1 Å². The van der Waals surface area contributed by atoms with E-state index >= 15 is 0 Å². The monoisotopic (exact) mass is 444 g/mol. The van der Waals surface area contributed by atoms with E-state index in [1.807, 2.05) is 13.8 Å². The van der Waals surface area contributed by atoms with Gasteiger partial charge in [-0.1, -0.05) is 25.4 Å². The van der Waals surface area contributed by atoms with Crippen LogP contribution < -0.4 is 15.7 Å². The van der Waals surface area contributed by atoms with Crippen LogP contribution in [-0.2, 0) is 0 Å². The van der Waals surface area contributed by atoms with Crippen LogP contribution >= 0.6 is 11.6 Å².